The molecule has 8 heteroatoms. The zero-order chi connectivity index (χ0) is 11.7. The molecule has 0 unspecified atom stereocenters. The fraction of sp³-hybridized carbons (Fsp3) is 0.125. The lowest BCUT2D eigenvalue weighted by molar-refractivity contribution is 0.101. The van der Waals surface area contributed by atoms with Crippen molar-refractivity contribution in [2.45, 2.75) is 6.92 Å². The molecule has 0 bridgehead atoms. The molecule has 0 fully saturated rings. The molecule has 2 aromatic rings. The molecular weight excluding hydrogens is 232 g/mol. The molecular formula is C8H6N4O3S. The van der Waals surface area contributed by atoms with Crippen molar-refractivity contribution in [1.82, 2.24) is 19.1 Å². The van der Waals surface area contributed by atoms with Crippen LogP contribution in [0.1, 0.15) is 17.3 Å². The highest BCUT2D eigenvalue weighted by Gasteiger charge is 2.13. The van der Waals surface area contributed by atoms with Crippen LogP contribution in [0.2, 0.25) is 0 Å². The monoisotopic (exact) mass is 238 g/mol. The van der Waals surface area contributed by atoms with Crippen molar-refractivity contribution >= 4 is 17.3 Å². The second-order valence-electron chi connectivity index (χ2n) is 2.96. The molecule has 16 heavy (non-hydrogen) atoms. The van der Waals surface area contributed by atoms with Crippen LogP contribution in [0.5, 0.6) is 0 Å². The van der Waals surface area contributed by atoms with Crippen molar-refractivity contribution in [3.63, 3.8) is 0 Å². The molecule has 7 nitrogen and oxygen atoms in total. The summed E-state index contributed by atoms with van der Waals surface area (Å²) in [7, 11) is 0. The highest BCUT2D eigenvalue weighted by atomic mass is 32.1. The second-order valence-corrected chi connectivity index (χ2v) is 3.72. The van der Waals surface area contributed by atoms with Gasteiger partial charge in [0.05, 0.1) is 11.8 Å². The minimum absolute atomic E-state index is 0.0759. The number of carbonyl (C=O) groups is 1. The predicted molar refractivity (Wildman–Crippen MR) is 56.1 cm³/mol. The van der Waals surface area contributed by atoms with Crippen LogP contribution in [0.25, 0.3) is 5.00 Å². The number of ketones is 1. The van der Waals surface area contributed by atoms with E-state index < -0.39 is 17.0 Å². The Balaban J connectivity index is 2.80. The molecule has 0 saturated heterocycles. The first kappa shape index (κ1) is 10.4. The minimum atomic E-state index is -0.665. The van der Waals surface area contributed by atoms with Crippen molar-refractivity contribution < 1.29 is 4.79 Å². The zero-order valence-electron chi connectivity index (χ0n) is 8.13. The number of carbonyl (C=O) groups excluding carboxylic acids is 1. The van der Waals surface area contributed by atoms with Gasteiger partial charge < -0.3 is 4.98 Å². The summed E-state index contributed by atoms with van der Waals surface area (Å²) in [6.45, 7) is 1.25. The summed E-state index contributed by atoms with van der Waals surface area (Å²) in [6.07, 6.45) is 2.39. The van der Waals surface area contributed by atoms with E-state index in [4.69, 9.17) is 0 Å². The number of Topliss-reactive ketones (excluding diaryl/α,β-unsaturated/α-hetero) is 1. The minimum Gasteiger partial charge on any atom is -0.313 e. The molecule has 0 aliphatic heterocycles. The Morgan fingerprint density at radius 2 is 2.25 bits per heavy atom. The van der Waals surface area contributed by atoms with Crippen LogP contribution in [-0.4, -0.2) is 24.9 Å². The molecule has 0 amide bonds. The molecule has 0 atom stereocenters. The van der Waals surface area contributed by atoms with Gasteiger partial charge in [0.2, 0.25) is 0 Å². The maximum atomic E-state index is 11.8. The summed E-state index contributed by atoms with van der Waals surface area (Å²) in [5.41, 5.74) is -1.36. The third kappa shape index (κ3) is 1.58. The quantitative estimate of drug-likeness (QED) is 0.716. The number of aromatic amines is 1. The first-order chi connectivity index (χ1) is 7.61. The van der Waals surface area contributed by atoms with Crippen LogP contribution in [0.3, 0.4) is 0 Å². The van der Waals surface area contributed by atoms with Crippen LogP contribution in [0.4, 0.5) is 0 Å². The lowest BCUT2D eigenvalue weighted by Crippen LogP contribution is -2.35. The van der Waals surface area contributed by atoms with Gasteiger partial charge in [-0.2, -0.15) is 0 Å². The molecule has 0 aliphatic rings. The molecule has 0 spiro atoms. The lowest BCUT2D eigenvalue weighted by Gasteiger charge is -2.00. The number of nitrogens with zero attached hydrogens (tertiary/aromatic N) is 3. The Labute approximate surface area is 92.5 Å². The maximum Gasteiger partial charge on any atom is 0.333 e. The Bertz CT molecular complexity index is 640. The van der Waals surface area contributed by atoms with Crippen molar-refractivity contribution in [1.29, 1.82) is 0 Å². The molecule has 0 saturated carbocycles. The molecule has 1 N–H and O–H groups in total. The maximum absolute atomic E-state index is 11.8. The summed E-state index contributed by atoms with van der Waals surface area (Å²) in [5, 5.41) is 3.80. The van der Waals surface area contributed by atoms with Gasteiger partial charge in [0.15, 0.2) is 5.78 Å². The Kier molecular flexibility index (Phi) is 2.49. The van der Waals surface area contributed by atoms with Crippen molar-refractivity contribution in [2.24, 2.45) is 0 Å². The standard InChI is InChI=1S/C8H6N4O3S/c1-4(13)5-2-9-8(15)12(7(5)14)6-3-10-11-16-6/h2-3H,1H3,(H,9,15). The van der Waals surface area contributed by atoms with E-state index in [1.165, 1.54) is 13.1 Å². The normalized spacial score (nSPS) is 10.3. The number of nitrogens with one attached hydrogen (secondary N) is 1. The molecule has 2 rings (SSSR count). The van der Waals surface area contributed by atoms with E-state index in [0.29, 0.717) is 0 Å². The van der Waals surface area contributed by atoms with Gasteiger partial charge >= 0.3 is 5.69 Å². The van der Waals surface area contributed by atoms with Gasteiger partial charge in [-0.05, 0) is 6.92 Å². The van der Waals surface area contributed by atoms with Crippen LogP contribution in [-0.2, 0) is 0 Å². The Morgan fingerprint density at radius 1 is 1.50 bits per heavy atom. The number of H-pyrrole nitrogens is 1. The average Bonchev–Trinajstić information content (AvgIpc) is 2.70. The van der Waals surface area contributed by atoms with E-state index >= 15 is 0 Å². The van der Waals surface area contributed by atoms with Gasteiger partial charge in [0, 0.05) is 17.7 Å². The van der Waals surface area contributed by atoms with Crippen LogP contribution >= 0.6 is 11.5 Å². The Morgan fingerprint density at radius 3 is 2.81 bits per heavy atom. The third-order valence-corrected chi connectivity index (χ3v) is 2.58. The van der Waals surface area contributed by atoms with E-state index in [9.17, 15) is 14.4 Å². The predicted octanol–water partition coefficient (Wildman–Crippen LogP) is -0.420. The van der Waals surface area contributed by atoms with Crippen LogP contribution in [0.15, 0.2) is 22.0 Å². The molecule has 82 valence electrons. The molecule has 0 aromatic carbocycles. The molecule has 0 radical (unpaired) electrons. The Hall–Kier alpha value is -2.09. The van der Waals surface area contributed by atoms with Crippen LogP contribution in [0, 0.1) is 0 Å². The summed E-state index contributed by atoms with van der Waals surface area (Å²) < 4.78 is 4.38. The fourth-order valence-electron chi connectivity index (χ4n) is 1.19. The largest absolute Gasteiger partial charge is 0.333 e. The first-order valence-electron chi connectivity index (χ1n) is 4.24. The van der Waals surface area contributed by atoms with Crippen LogP contribution < -0.4 is 11.2 Å². The van der Waals surface area contributed by atoms with Crippen molar-refractivity contribution in [2.75, 3.05) is 0 Å². The summed E-state index contributed by atoms with van der Waals surface area (Å²) >= 11 is 0.895. The van der Waals surface area contributed by atoms with Gasteiger partial charge in [0.1, 0.15) is 5.00 Å². The lowest BCUT2D eigenvalue weighted by atomic mass is 10.2. The second kappa shape index (κ2) is 3.81. The number of aromatic nitrogens is 4. The summed E-state index contributed by atoms with van der Waals surface area (Å²) in [6, 6.07) is 0. The number of hydrogen-bond acceptors (Lipinski definition) is 6. The fourth-order valence-corrected chi connectivity index (χ4v) is 1.71. The SMILES string of the molecule is CC(=O)c1c[nH]c(=O)n(-c2cnns2)c1=O. The van der Waals surface area contributed by atoms with Gasteiger partial charge in [-0.25, -0.2) is 9.36 Å². The third-order valence-electron chi connectivity index (χ3n) is 1.93. The van der Waals surface area contributed by atoms with E-state index in [2.05, 4.69) is 14.6 Å². The average molecular weight is 238 g/mol. The number of hydrogen-bond donors (Lipinski definition) is 1. The molecule has 2 heterocycles. The van der Waals surface area contributed by atoms with E-state index in [1.54, 1.807) is 0 Å². The zero-order valence-corrected chi connectivity index (χ0v) is 8.95. The number of rotatable bonds is 2. The van der Waals surface area contributed by atoms with Crippen molar-refractivity contribution in [3.8, 4) is 5.00 Å². The molecule has 2 aromatic heterocycles. The van der Waals surface area contributed by atoms with Crippen molar-refractivity contribution in [3.05, 3.63) is 38.8 Å². The highest BCUT2D eigenvalue weighted by Crippen LogP contribution is 2.04. The molecule has 0 aliphatic carbocycles. The highest BCUT2D eigenvalue weighted by molar-refractivity contribution is 7.08. The van der Waals surface area contributed by atoms with E-state index in [0.717, 1.165) is 22.3 Å². The van der Waals surface area contributed by atoms with Gasteiger partial charge in [-0.3, -0.25) is 9.59 Å². The summed E-state index contributed by atoms with van der Waals surface area (Å²) in [4.78, 5) is 36.7. The first-order valence-corrected chi connectivity index (χ1v) is 5.02. The summed E-state index contributed by atoms with van der Waals surface area (Å²) in [5.74, 6) is -0.410. The van der Waals surface area contributed by atoms with E-state index in [1.807, 2.05) is 0 Å². The van der Waals surface area contributed by atoms with Gasteiger partial charge in [-0.1, -0.05) is 4.49 Å². The van der Waals surface area contributed by atoms with Gasteiger partial charge in [-0.15, -0.1) is 5.10 Å². The topological polar surface area (TPSA) is 97.7 Å². The van der Waals surface area contributed by atoms with E-state index in [-0.39, 0.29) is 10.6 Å². The smallest absolute Gasteiger partial charge is 0.313 e. The van der Waals surface area contributed by atoms with Gasteiger partial charge in [0.25, 0.3) is 5.56 Å².